The fourth-order valence-corrected chi connectivity index (χ4v) is 11.3. The van der Waals surface area contributed by atoms with Crippen molar-refractivity contribution in [3.8, 4) is 23.2 Å². The van der Waals surface area contributed by atoms with Gasteiger partial charge in [-0.2, -0.15) is 25.0 Å². The summed E-state index contributed by atoms with van der Waals surface area (Å²) in [4.78, 5) is 33.0. The minimum Gasteiger partial charge on any atom is -0.461 e. The number of likely N-dealkylation sites (tertiary alicyclic amines) is 1. The van der Waals surface area contributed by atoms with E-state index in [9.17, 15) is 14.4 Å². The molecule has 4 aliphatic heterocycles. The topological polar surface area (TPSA) is 142 Å². The summed E-state index contributed by atoms with van der Waals surface area (Å²) >= 11 is 7.88. The first-order chi connectivity index (χ1) is 26.4. The van der Waals surface area contributed by atoms with E-state index >= 15 is 8.78 Å². The van der Waals surface area contributed by atoms with Gasteiger partial charge < -0.3 is 20.3 Å². The molecular formula is C38H38ClF3N10O2S. The summed E-state index contributed by atoms with van der Waals surface area (Å²) in [5.74, 6) is -0.836. The maximum atomic E-state index is 17.3. The van der Waals surface area contributed by atoms with Crippen molar-refractivity contribution >= 4 is 60.8 Å². The molecule has 55 heavy (non-hydrogen) atoms. The monoisotopic (exact) mass is 790 g/mol. The van der Waals surface area contributed by atoms with Gasteiger partial charge >= 0.3 is 12.0 Å². The number of nitriles is 1. The normalized spacial score (nSPS) is 25.3. The highest BCUT2D eigenvalue weighted by Crippen LogP contribution is 2.51. The molecule has 4 aliphatic rings. The van der Waals surface area contributed by atoms with Gasteiger partial charge in [-0.15, -0.1) is 11.3 Å². The van der Waals surface area contributed by atoms with Crippen LogP contribution in [-0.2, 0) is 0 Å². The van der Waals surface area contributed by atoms with Crippen LogP contribution in [0.25, 0.3) is 32.1 Å². The van der Waals surface area contributed by atoms with Crippen LogP contribution in [-0.4, -0.2) is 97.6 Å². The number of nitrogen functional groups attached to an aromatic ring is 1. The Morgan fingerprint density at radius 1 is 1.20 bits per heavy atom. The summed E-state index contributed by atoms with van der Waals surface area (Å²) in [5.41, 5.74) is 5.45. The van der Waals surface area contributed by atoms with E-state index in [2.05, 4.69) is 38.7 Å². The minimum atomic E-state index is -0.965. The maximum absolute atomic E-state index is 17.3. The first-order valence-electron chi connectivity index (χ1n) is 18.5. The second-order valence-corrected chi connectivity index (χ2v) is 17.2. The zero-order chi connectivity index (χ0) is 38.4. The van der Waals surface area contributed by atoms with Gasteiger partial charge in [0.25, 0.3) is 0 Å². The molecule has 2 aromatic carbocycles. The SMILES string of the molecule is CC(C)C1N(C(=O)n2cncn2)CC12CCCN(c1nc(OC[C@@]34CCCN3C[C@H](F)C4)nc3c(F)c(-c4ccc(F)c5sc(N)c(C#N)c45)c(Cl)cc13)C2. The fourth-order valence-electron chi connectivity index (χ4n) is 10.0. The predicted octanol–water partition coefficient (Wildman–Crippen LogP) is 7.04. The number of anilines is 2. The van der Waals surface area contributed by atoms with Crippen LogP contribution in [0.3, 0.4) is 0 Å². The van der Waals surface area contributed by atoms with Crippen LogP contribution in [0.4, 0.5) is 28.8 Å². The molecule has 4 fully saturated rings. The molecule has 7 heterocycles. The summed E-state index contributed by atoms with van der Waals surface area (Å²) < 4.78 is 54.8. The lowest BCUT2D eigenvalue weighted by Gasteiger charge is -2.62. The highest BCUT2D eigenvalue weighted by molar-refractivity contribution is 7.23. The van der Waals surface area contributed by atoms with Crippen molar-refractivity contribution in [3.05, 3.63) is 53.1 Å². The molecule has 286 valence electrons. The number of fused-ring (bicyclic) bond motifs is 3. The molecule has 2 unspecified atom stereocenters. The van der Waals surface area contributed by atoms with Crippen molar-refractivity contribution < 1.29 is 22.7 Å². The third-order valence-corrected chi connectivity index (χ3v) is 13.4. The van der Waals surface area contributed by atoms with Gasteiger partial charge in [0.1, 0.15) is 53.7 Å². The van der Waals surface area contributed by atoms with Crippen LogP contribution in [0.1, 0.15) is 51.5 Å². The van der Waals surface area contributed by atoms with Crippen LogP contribution < -0.4 is 15.4 Å². The number of piperidine rings is 1. The van der Waals surface area contributed by atoms with Crippen molar-refractivity contribution in [3.63, 3.8) is 0 Å². The lowest BCUT2D eigenvalue weighted by Crippen LogP contribution is -2.73. The molecule has 5 aromatic rings. The molecule has 2 N–H and O–H groups in total. The average molecular weight is 791 g/mol. The summed E-state index contributed by atoms with van der Waals surface area (Å²) in [6.07, 6.45) is 5.44. The Bertz CT molecular complexity index is 2410. The van der Waals surface area contributed by atoms with Crippen LogP contribution >= 0.6 is 22.9 Å². The molecule has 0 saturated carbocycles. The number of carbonyl (C=O) groups is 1. The molecule has 9 rings (SSSR count). The summed E-state index contributed by atoms with van der Waals surface area (Å²) in [7, 11) is 0. The molecular weight excluding hydrogens is 753 g/mol. The quantitative estimate of drug-likeness (QED) is 0.190. The van der Waals surface area contributed by atoms with E-state index in [4.69, 9.17) is 27.1 Å². The van der Waals surface area contributed by atoms with Gasteiger partial charge in [-0.05, 0) is 55.8 Å². The zero-order valence-electron chi connectivity index (χ0n) is 30.2. The van der Waals surface area contributed by atoms with E-state index in [0.29, 0.717) is 43.8 Å². The first-order valence-corrected chi connectivity index (χ1v) is 19.7. The van der Waals surface area contributed by atoms with E-state index in [0.717, 1.165) is 43.6 Å². The zero-order valence-corrected chi connectivity index (χ0v) is 31.8. The van der Waals surface area contributed by atoms with E-state index in [-0.39, 0.29) is 78.3 Å². The molecule has 4 atom stereocenters. The average Bonchev–Trinajstić information content (AvgIpc) is 3.94. The van der Waals surface area contributed by atoms with E-state index in [1.807, 2.05) is 11.0 Å². The Morgan fingerprint density at radius 3 is 2.78 bits per heavy atom. The molecule has 4 saturated heterocycles. The Balaban J connectivity index is 1.16. The van der Waals surface area contributed by atoms with Crippen molar-refractivity contribution in [2.75, 3.05) is 50.0 Å². The number of hydrogen-bond donors (Lipinski definition) is 1. The smallest absolute Gasteiger partial charge is 0.346 e. The number of carbonyl (C=O) groups excluding carboxylic acids is 1. The molecule has 0 bridgehead atoms. The number of benzene rings is 2. The van der Waals surface area contributed by atoms with Gasteiger partial charge in [-0.25, -0.2) is 22.9 Å². The van der Waals surface area contributed by atoms with Crippen molar-refractivity contribution in [1.82, 2.24) is 34.5 Å². The number of amides is 1. The van der Waals surface area contributed by atoms with Crippen LogP contribution in [0.5, 0.6) is 6.01 Å². The number of nitrogens with zero attached hydrogens (tertiary/aromatic N) is 9. The Morgan fingerprint density at radius 2 is 2.02 bits per heavy atom. The number of ether oxygens (including phenoxy) is 1. The second kappa shape index (κ2) is 13.2. The van der Waals surface area contributed by atoms with Crippen molar-refractivity contribution in [2.45, 2.75) is 63.7 Å². The van der Waals surface area contributed by atoms with Crippen molar-refractivity contribution in [2.24, 2.45) is 11.3 Å². The highest BCUT2D eigenvalue weighted by Gasteiger charge is 2.57. The highest BCUT2D eigenvalue weighted by atomic mass is 35.5. The molecule has 0 aliphatic carbocycles. The first kappa shape index (κ1) is 35.9. The van der Waals surface area contributed by atoms with Crippen LogP contribution in [0.15, 0.2) is 30.9 Å². The molecule has 1 amide bonds. The summed E-state index contributed by atoms with van der Waals surface area (Å²) in [6, 6.07) is 5.83. The van der Waals surface area contributed by atoms with E-state index in [1.54, 1.807) is 6.07 Å². The van der Waals surface area contributed by atoms with E-state index < -0.39 is 23.3 Å². The predicted molar refractivity (Wildman–Crippen MR) is 203 cm³/mol. The number of rotatable bonds is 6. The Labute approximate surface area is 323 Å². The number of thiophene rings is 1. The summed E-state index contributed by atoms with van der Waals surface area (Å²) in [6.45, 7) is 7.04. The Kier molecular flexibility index (Phi) is 8.63. The largest absolute Gasteiger partial charge is 0.461 e. The van der Waals surface area contributed by atoms with Gasteiger partial charge in [-0.3, -0.25) is 4.90 Å². The van der Waals surface area contributed by atoms with Gasteiger partial charge in [-0.1, -0.05) is 31.5 Å². The third kappa shape index (κ3) is 5.60. The van der Waals surface area contributed by atoms with Crippen molar-refractivity contribution in [1.29, 1.82) is 5.26 Å². The molecule has 0 radical (unpaired) electrons. The fraction of sp³-hybridized carbons (Fsp3) is 0.474. The third-order valence-electron chi connectivity index (χ3n) is 12.1. The lowest BCUT2D eigenvalue weighted by atomic mass is 9.63. The number of alkyl halides is 1. The van der Waals surface area contributed by atoms with Gasteiger partial charge in [0.05, 0.1) is 20.8 Å². The number of hydrogen-bond acceptors (Lipinski definition) is 11. The molecule has 1 spiro atoms. The molecule has 12 nitrogen and oxygen atoms in total. The second-order valence-electron chi connectivity index (χ2n) is 15.7. The lowest BCUT2D eigenvalue weighted by molar-refractivity contribution is -0.0739. The minimum absolute atomic E-state index is 0.0190. The maximum Gasteiger partial charge on any atom is 0.346 e. The van der Waals surface area contributed by atoms with E-state index in [1.165, 1.54) is 29.5 Å². The summed E-state index contributed by atoms with van der Waals surface area (Å²) in [5, 5.41) is 14.7. The molecule has 17 heteroatoms. The Hall–Kier alpha value is -4.72. The van der Waals surface area contributed by atoms with Crippen LogP contribution in [0, 0.1) is 34.3 Å². The van der Waals surface area contributed by atoms with Crippen LogP contribution in [0.2, 0.25) is 5.02 Å². The molecule has 3 aromatic heterocycles. The van der Waals surface area contributed by atoms with Gasteiger partial charge in [0, 0.05) is 60.4 Å². The number of nitrogens with two attached hydrogens (primary N) is 1. The number of halogens is 4. The standard InChI is InChI=1S/C38H38ClF3N10O2S/c1-20(2)32-37(16-51(32)36(53)52-19-45-18-46-52)7-3-9-49(15-37)34-23-11-25(39)28(22-5-6-26(41)31-27(22)24(13-43)33(44)55-31)29(42)30(23)47-35(48-34)54-17-38-8-4-10-50(38)14-21(40)12-38/h5-6,11,18-21,32H,3-4,7-10,12,14-17,44H2,1-2H3/t21-,32?,37?,38+/m1/s1. The van der Waals surface area contributed by atoms with Gasteiger partial charge in [0.15, 0.2) is 5.82 Å². The number of aromatic nitrogens is 5. The van der Waals surface area contributed by atoms with Gasteiger partial charge in [0.2, 0.25) is 0 Å².